The minimum Gasteiger partial charge on any atom is -0.485 e. The van der Waals surface area contributed by atoms with Crippen LogP contribution in [-0.4, -0.2) is 18.5 Å². The molecule has 0 heterocycles. The predicted octanol–water partition coefficient (Wildman–Crippen LogP) is 11.4. The molecule has 0 aliphatic carbocycles. The average molecular weight is 823 g/mol. The van der Waals surface area contributed by atoms with Gasteiger partial charge in [-0.1, -0.05) is 152 Å². The van der Waals surface area contributed by atoms with E-state index in [2.05, 4.69) is 0 Å². The van der Waals surface area contributed by atoms with E-state index in [1.54, 1.807) is 24.3 Å². The quantitative estimate of drug-likeness (QED) is 0.0427. The van der Waals surface area contributed by atoms with Gasteiger partial charge in [-0.3, -0.25) is 0 Å². The maximum absolute atomic E-state index is 13.0. The predicted molar refractivity (Wildman–Crippen MR) is 241 cm³/mol. The lowest BCUT2D eigenvalue weighted by Gasteiger charge is -2.14. The highest BCUT2D eigenvalue weighted by molar-refractivity contribution is 5.89. The van der Waals surface area contributed by atoms with Crippen LogP contribution in [0.4, 0.5) is 0 Å². The molecule has 8 nitrogen and oxygen atoms in total. The highest BCUT2D eigenvalue weighted by Crippen LogP contribution is 2.32. The molecule has 0 saturated heterocycles. The molecule has 62 heavy (non-hydrogen) atoms. The van der Waals surface area contributed by atoms with Gasteiger partial charge in [-0.2, -0.15) is 0 Å². The smallest absolute Gasteiger partial charge is 0.336 e. The van der Waals surface area contributed by atoms with E-state index in [9.17, 15) is 9.59 Å². The number of carbonyl (C=O) groups excluding carboxylic acids is 2. The minimum absolute atomic E-state index is 0.0791. The van der Waals surface area contributed by atoms with E-state index in [-0.39, 0.29) is 6.61 Å². The Hall–Kier alpha value is -7.84. The molecule has 0 radical (unpaired) electrons. The summed E-state index contributed by atoms with van der Waals surface area (Å²) in [6.45, 7) is 1.56. The third-order valence-corrected chi connectivity index (χ3v) is 9.51. The molecule has 0 bridgehead atoms. The van der Waals surface area contributed by atoms with Crippen molar-refractivity contribution in [2.75, 3.05) is 6.61 Å². The van der Waals surface area contributed by atoms with Crippen LogP contribution in [0.1, 0.15) is 38.9 Å². The molecule has 0 amide bonds. The Balaban J connectivity index is 0.931. The Kier molecular flexibility index (Phi) is 15.4. The minimum atomic E-state index is -0.558. The van der Waals surface area contributed by atoms with Gasteiger partial charge < -0.3 is 28.4 Å². The molecule has 0 aliphatic rings. The Bertz CT molecular complexity index is 2550. The molecule has 0 N–H and O–H groups in total. The number of benzene rings is 7. The third kappa shape index (κ3) is 13.3. The summed E-state index contributed by atoms with van der Waals surface area (Å²) in [5.41, 5.74) is 6.29. The summed E-state index contributed by atoms with van der Waals surface area (Å²) in [6.07, 6.45) is 6.41. The SMILES string of the molecule is O=C(/C=C/c1ccc(OCc2ccccc2)c(OCc2ccccc2)c1)OCCc1ccccc1OC(=O)/C=C/c1ccc(OCc2ccccc2)c(OCc2ccccc2)c1. The topological polar surface area (TPSA) is 89.5 Å². The molecule has 8 heteroatoms. The fourth-order valence-corrected chi connectivity index (χ4v) is 6.25. The van der Waals surface area contributed by atoms with E-state index in [1.807, 2.05) is 170 Å². The molecular formula is C54H46O8. The molecular weight excluding hydrogens is 777 g/mol. The van der Waals surface area contributed by atoms with Crippen LogP contribution in [-0.2, 0) is 47.2 Å². The van der Waals surface area contributed by atoms with Crippen molar-refractivity contribution in [3.8, 4) is 28.7 Å². The number of hydrogen-bond donors (Lipinski definition) is 0. The molecule has 310 valence electrons. The summed E-state index contributed by atoms with van der Waals surface area (Å²) >= 11 is 0. The molecule has 0 aromatic heterocycles. The molecule has 0 spiro atoms. The third-order valence-electron chi connectivity index (χ3n) is 9.51. The van der Waals surface area contributed by atoms with Crippen LogP contribution in [0.25, 0.3) is 12.2 Å². The molecule has 7 aromatic carbocycles. The van der Waals surface area contributed by atoms with E-state index in [4.69, 9.17) is 28.4 Å². The molecule has 0 unspecified atom stereocenters. The molecule has 7 rings (SSSR count). The van der Waals surface area contributed by atoms with Crippen molar-refractivity contribution in [1.82, 2.24) is 0 Å². The maximum Gasteiger partial charge on any atom is 0.336 e. The largest absolute Gasteiger partial charge is 0.485 e. The number of hydrogen-bond acceptors (Lipinski definition) is 8. The average Bonchev–Trinajstić information content (AvgIpc) is 3.32. The van der Waals surface area contributed by atoms with Crippen molar-refractivity contribution in [3.63, 3.8) is 0 Å². The Morgan fingerprint density at radius 3 is 1.23 bits per heavy atom. The second-order valence-electron chi connectivity index (χ2n) is 14.1. The number of rotatable bonds is 20. The van der Waals surface area contributed by atoms with Crippen LogP contribution in [0.15, 0.2) is 194 Å². The van der Waals surface area contributed by atoms with Gasteiger partial charge in [0.15, 0.2) is 23.0 Å². The second kappa shape index (κ2) is 22.5. The Morgan fingerprint density at radius 2 is 0.774 bits per heavy atom. The van der Waals surface area contributed by atoms with E-state index in [0.29, 0.717) is 67.2 Å². The number of carbonyl (C=O) groups is 2. The lowest BCUT2D eigenvalue weighted by atomic mass is 10.1. The molecule has 0 fully saturated rings. The van der Waals surface area contributed by atoms with Gasteiger partial charge in [0.25, 0.3) is 0 Å². The fourth-order valence-electron chi connectivity index (χ4n) is 6.25. The zero-order valence-electron chi connectivity index (χ0n) is 34.1. The van der Waals surface area contributed by atoms with Crippen molar-refractivity contribution < 1.29 is 38.0 Å². The van der Waals surface area contributed by atoms with Crippen LogP contribution < -0.4 is 23.7 Å². The first-order valence-electron chi connectivity index (χ1n) is 20.3. The highest BCUT2D eigenvalue weighted by atomic mass is 16.5. The summed E-state index contributed by atoms with van der Waals surface area (Å²) in [5.74, 6) is 1.60. The molecule has 7 aromatic rings. The van der Waals surface area contributed by atoms with E-state index < -0.39 is 11.9 Å². The number of esters is 2. The zero-order valence-corrected chi connectivity index (χ0v) is 34.1. The first-order chi connectivity index (χ1) is 30.5. The number of ether oxygens (including phenoxy) is 6. The van der Waals surface area contributed by atoms with Gasteiger partial charge in [0.1, 0.15) is 32.2 Å². The van der Waals surface area contributed by atoms with Gasteiger partial charge in [-0.15, -0.1) is 0 Å². The molecule has 0 aliphatic heterocycles. The Morgan fingerprint density at radius 1 is 0.387 bits per heavy atom. The fraction of sp³-hybridized carbons (Fsp3) is 0.111. The normalized spacial score (nSPS) is 11.0. The maximum atomic E-state index is 13.0. The summed E-state index contributed by atoms with van der Waals surface area (Å²) in [5, 5.41) is 0. The van der Waals surface area contributed by atoms with Gasteiger partial charge in [-0.05, 0) is 81.4 Å². The van der Waals surface area contributed by atoms with E-state index in [1.165, 1.54) is 12.2 Å². The molecule has 0 atom stereocenters. The summed E-state index contributed by atoms with van der Waals surface area (Å²) < 4.78 is 35.9. The Labute approximate surface area is 362 Å². The summed E-state index contributed by atoms with van der Waals surface area (Å²) in [7, 11) is 0. The van der Waals surface area contributed by atoms with Crippen LogP contribution in [0, 0.1) is 0 Å². The standard InChI is InChI=1S/C54H46O8/c55-53(31-27-41-25-29-49(58-37-43-15-5-1-6-16-43)51(35-41)60-39-45-19-9-3-10-20-45)57-34-33-47-23-13-14-24-48(47)62-54(56)32-28-42-26-30-50(59-38-44-17-7-2-8-18-44)52(36-42)61-40-46-21-11-4-12-22-46/h1-32,35-36H,33-34,37-40H2/b31-27+,32-28+. The summed E-state index contributed by atoms with van der Waals surface area (Å²) in [4.78, 5) is 25.8. The monoisotopic (exact) mass is 822 g/mol. The van der Waals surface area contributed by atoms with Crippen LogP contribution in [0.5, 0.6) is 28.7 Å². The highest BCUT2D eigenvalue weighted by Gasteiger charge is 2.12. The molecule has 0 saturated carbocycles. The van der Waals surface area contributed by atoms with Crippen molar-refractivity contribution in [3.05, 3.63) is 233 Å². The van der Waals surface area contributed by atoms with Gasteiger partial charge >= 0.3 is 11.9 Å². The second-order valence-corrected chi connectivity index (χ2v) is 14.1. The summed E-state index contributed by atoms with van der Waals surface area (Å²) in [6, 6.07) is 57.8. The van der Waals surface area contributed by atoms with Crippen molar-refractivity contribution in [1.29, 1.82) is 0 Å². The van der Waals surface area contributed by atoms with Crippen molar-refractivity contribution in [2.24, 2.45) is 0 Å². The van der Waals surface area contributed by atoms with Crippen molar-refractivity contribution >= 4 is 24.1 Å². The van der Waals surface area contributed by atoms with E-state index >= 15 is 0 Å². The van der Waals surface area contributed by atoms with Crippen molar-refractivity contribution in [2.45, 2.75) is 32.8 Å². The van der Waals surface area contributed by atoms with Gasteiger partial charge in [0, 0.05) is 18.6 Å². The zero-order chi connectivity index (χ0) is 42.6. The van der Waals surface area contributed by atoms with Crippen LogP contribution >= 0.6 is 0 Å². The number of para-hydroxylation sites is 1. The van der Waals surface area contributed by atoms with Crippen LogP contribution in [0.3, 0.4) is 0 Å². The first-order valence-corrected chi connectivity index (χ1v) is 20.3. The van der Waals surface area contributed by atoms with Gasteiger partial charge in [0.05, 0.1) is 6.61 Å². The lowest BCUT2D eigenvalue weighted by Crippen LogP contribution is -2.09. The van der Waals surface area contributed by atoms with Crippen LogP contribution in [0.2, 0.25) is 0 Å². The van der Waals surface area contributed by atoms with Gasteiger partial charge in [0.2, 0.25) is 0 Å². The lowest BCUT2D eigenvalue weighted by molar-refractivity contribution is -0.137. The first kappa shape index (κ1) is 42.3. The van der Waals surface area contributed by atoms with Gasteiger partial charge in [-0.25, -0.2) is 9.59 Å². The van der Waals surface area contributed by atoms with E-state index in [0.717, 1.165) is 33.4 Å².